The summed E-state index contributed by atoms with van der Waals surface area (Å²) in [5.74, 6) is 0. The number of rotatable bonds is 2. The summed E-state index contributed by atoms with van der Waals surface area (Å²) in [6.45, 7) is 6.34. The highest BCUT2D eigenvalue weighted by Gasteiger charge is 2.37. The number of ether oxygens (including phenoxy) is 1. The standard InChI is InChI=1S/C22H24N2O2/c1-4-19-20-17(14-22(2,3)26-19)16-12-8-9-13-18(16)24(20)21(25)23-15-10-6-5-7-11-15/h5-13,19H,4,14H2,1-3H3,(H,23,25)/t19-/m0/s1. The Kier molecular flexibility index (Phi) is 4.08. The van der Waals surface area contributed by atoms with Crippen molar-refractivity contribution >= 4 is 22.6 Å². The van der Waals surface area contributed by atoms with E-state index < -0.39 is 0 Å². The van der Waals surface area contributed by atoms with Gasteiger partial charge in [-0.3, -0.25) is 4.57 Å². The molecule has 3 aromatic rings. The van der Waals surface area contributed by atoms with Crippen LogP contribution in [-0.2, 0) is 11.2 Å². The maximum Gasteiger partial charge on any atom is 0.330 e. The van der Waals surface area contributed by atoms with Gasteiger partial charge in [0.15, 0.2) is 0 Å². The lowest BCUT2D eigenvalue weighted by atomic mass is 9.90. The van der Waals surface area contributed by atoms with Gasteiger partial charge in [-0.05, 0) is 44.0 Å². The third-order valence-corrected chi connectivity index (χ3v) is 4.99. The highest BCUT2D eigenvalue weighted by molar-refractivity contribution is 6.01. The number of carbonyl (C=O) groups is 1. The first-order chi connectivity index (χ1) is 12.5. The number of hydrogen-bond donors (Lipinski definition) is 1. The molecule has 0 aliphatic carbocycles. The Bertz CT molecular complexity index is 957. The van der Waals surface area contributed by atoms with Crippen molar-refractivity contribution in [2.45, 2.75) is 45.3 Å². The van der Waals surface area contributed by atoms with Crippen LogP contribution in [0, 0.1) is 0 Å². The average molecular weight is 348 g/mol. The van der Waals surface area contributed by atoms with Crippen molar-refractivity contribution < 1.29 is 9.53 Å². The average Bonchev–Trinajstić information content (AvgIpc) is 2.95. The van der Waals surface area contributed by atoms with Crippen LogP contribution >= 0.6 is 0 Å². The van der Waals surface area contributed by atoms with Crippen molar-refractivity contribution in [1.29, 1.82) is 0 Å². The zero-order valence-electron chi connectivity index (χ0n) is 15.5. The van der Waals surface area contributed by atoms with Crippen molar-refractivity contribution in [3.8, 4) is 0 Å². The van der Waals surface area contributed by atoms with E-state index in [9.17, 15) is 4.79 Å². The van der Waals surface area contributed by atoms with Gasteiger partial charge in [0.25, 0.3) is 0 Å². The van der Waals surface area contributed by atoms with Gasteiger partial charge in [-0.1, -0.05) is 43.3 Å². The Morgan fingerprint density at radius 3 is 2.58 bits per heavy atom. The minimum Gasteiger partial charge on any atom is -0.366 e. The number of anilines is 1. The molecule has 1 amide bonds. The molecule has 1 aromatic heterocycles. The molecular weight excluding hydrogens is 324 g/mol. The molecule has 1 aliphatic rings. The summed E-state index contributed by atoms with van der Waals surface area (Å²) in [6, 6.07) is 17.5. The number of aromatic nitrogens is 1. The second kappa shape index (κ2) is 6.29. The SMILES string of the molecule is CC[C@@H]1OC(C)(C)Cc2c1n(C(=O)Nc1ccccc1)c1ccccc21. The molecule has 0 bridgehead atoms. The first-order valence-corrected chi connectivity index (χ1v) is 9.16. The van der Waals surface area contributed by atoms with E-state index in [0.717, 1.165) is 35.1 Å². The van der Waals surface area contributed by atoms with Crippen molar-refractivity contribution in [3.05, 3.63) is 65.9 Å². The van der Waals surface area contributed by atoms with E-state index in [1.165, 1.54) is 5.56 Å². The molecule has 1 aliphatic heterocycles. The van der Waals surface area contributed by atoms with E-state index in [0.29, 0.717) is 0 Å². The van der Waals surface area contributed by atoms with Crippen LogP contribution in [0.5, 0.6) is 0 Å². The fourth-order valence-electron chi connectivity index (χ4n) is 3.96. The van der Waals surface area contributed by atoms with Crippen LogP contribution in [0.3, 0.4) is 0 Å². The molecule has 1 atom stereocenters. The molecule has 0 saturated carbocycles. The van der Waals surface area contributed by atoms with E-state index >= 15 is 0 Å². The number of hydrogen-bond acceptors (Lipinski definition) is 2. The fraction of sp³-hybridized carbons (Fsp3) is 0.318. The Morgan fingerprint density at radius 2 is 1.85 bits per heavy atom. The Hall–Kier alpha value is -2.59. The predicted molar refractivity (Wildman–Crippen MR) is 105 cm³/mol. The summed E-state index contributed by atoms with van der Waals surface area (Å²) in [4.78, 5) is 13.2. The Morgan fingerprint density at radius 1 is 1.15 bits per heavy atom. The van der Waals surface area contributed by atoms with Gasteiger partial charge in [-0.2, -0.15) is 0 Å². The van der Waals surface area contributed by atoms with Crippen LogP contribution in [0.4, 0.5) is 10.5 Å². The maximum absolute atomic E-state index is 13.2. The molecule has 4 nitrogen and oxygen atoms in total. The minimum absolute atomic E-state index is 0.0947. The van der Waals surface area contributed by atoms with Gasteiger partial charge in [0.05, 0.1) is 22.9 Å². The number of fused-ring (bicyclic) bond motifs is 3. The smallest absolute Gasteiger partial charge is 0.330 e. The third-order valence-electron chi connectivity index (χ3n) is 4.99. The van der Waals surface area contributed by atoms with Gasteiger partial charge in [-0.15, -0.1) is 0 Å². The lowest BCUT2D eigenvalue weighted by Crippen LogP contribution is -2.36. The Labute approximate surface area is 153 Å². The highest BCUT2D eigenvalue weighted by atomic mass is 16.5. The van der Waals surface area contributed by atoms with Crippen LogP contribution in [0.25, 0.3) is 10.9 Å². The molecule has 0 unspecified atom stereocenters. The summed E-state index contributed by atoms with van der Waals surface area (Å²) in [5, 5.41) is 4.16. The third kappa shape index (κ3) is 2.80. The summed E-state index contributed by atoms with van der Waals surface area (Å²) < 4.78 is 8.13. The van der Waals surface area contributed by atoms with Crippen LogP contribution in [-0.4, -0.2) is 16.2 Å². The predicted octanol–water partition coefficient (Wildman–Crippen LogP) is 5.52. The summed E-state index contributed by atoms with van der Waals surface area (Å²) in [6.07, 6.45) is 1.53. The Balaban J connectivity index is 1.88. The largest absolute Gasteiger partial charge is 0.366 e. The first-order valence-electron chi connectivity index (χ1n) is 9.16. The van der Waals surface area contributed by atoms with Crippen molar-refractivity contribution in [1.82, 2.24) is 4.57 Å². The van der Waals surface area contributed by atoms with Gasteiger partial charge < -0.3 is 10.1 Å². The van der Waals surface area contributed by atoms with E-state index in [-0.39, 0.29) is 17.7 Å². The van der Waals surface area contributed by atoms with Gasteiger partial charge in [-0.25, -0.2) is 4.79 Å². The van der Waals surface area contributed by atoms with Crippen LogP contribution in [0.2, 0.25) is 0 Å². The fourth-order valence-corrected chi connectivity index (χ4v) is 3.96. The first kappa shape index (κ1) is 16.9. The molecule has 4 heteroatoms. The number of amides is 1. The second-order valence-electron chi connectivity index (χ2n) is 7.46. The van der Waals surface area contributed by atoms with E-state index in [2.05, 4.69) is 32.2 Å². The molecule has 1 N–H and O–H groups in total. The molecule has 0 saturated heterocycles. The number of para-hydroxylation sites is 2. The molecule has 2 aromatic carbocycles. The highest BCUT2D eigenvalue weighted by Crippen LogP contribution is 2.42. The number of nitrogens with zero attached hydrogens (tertiary/aromatic N) is 1. The van der Waals surface area contributed by atoms with Crippen LogP contribution in [0.1, 0.15) is 44.6 Å². The number of carbonyl (C=O) groups excluding carboxylic acids is 1. The van der Waals surface area contributed by atoms with E-state index in [1.807, 2.05) is 48.5 Å². The molecule has 2 heterocycles. The van der Waals surface area contributed by atoms with Crippen molar-refractivity contribution in [3.63, 3.8) is 0 Å². The van der Waals surface area contributed by atoms with Crippen LogP contribution < -0.4 is 5.32 Å². The monoisotopic (exact) mass is 348 g/mol. The van der Waals surface area contributed by atoms with Gasteiger partial charge in [0.2, 0.25) is 0 Å². The minimum atomic E-state index is -0.238. The summed E-state index contributed by atoms with van der Waals surface area (Å²) in [5.41, 5.74) is 3.70. The van der Waals surface area contributed by atoms with Gasteiger partial charge in [0, 0.05) is 17.5 Å². The van der Waals surface area contributed by atoms with E-state index in [1.54, 1.807) is 4.57 Å². The summed E-state index contributed by atoms with van der Waals surface area (Å²) in [7, 11) is 0. The van der Waals surface area contributed by atoms with E-state index in [4.69, 9.17) is 4.74 Å². The normalized spacial score (nSPS) is 18.5. The molecule has 0 fully saturated rings. The molecule has 0 radical (unpaired) electrons. The quantitative estimate of drug-likeness (QED) is 0.662. The zero-order chi connectivity index (χ0) is 18.3. The molecular formula is C22H24N2O2. The lowest BCUT2D eigenvalue weighted by molar-refractivity contribution is -0.0880. The zero-order valence-corrected chi connectivity index (χ0v) is 15.5. The van der Waals surface area contributed by atoms with Crippen LogP contribution in [0.15, 0.2) is 54.6 Å². The number of benzene rings is 2. The molecule has 26 heavy (non-hydrogen) atoms. The van der Waals surface area contributed by atoms with Gasteiger partial charge >= 0.3 is 6.03 Å². The molecule has 4 rings (SSSR count). The van der Waals surface area contributed by atoms with Crippen molar-refractivity contribution in [2.24, 2.45) is 0 Å². The molecule has 0 spiro atoms. The van der Waals surface area contributed by atoms with Gasteiger partial charge in [0.1, 0.15) is 0 Å². The maximum atomic E-state index is 13.2. The van der Waals surface area contributed by atoms with Crippen molar-refractivity contribution in [2.75, 3.05) is 5.32 Å². The topological polar surface area (TPSA) is 43.3 Å². The summed E-state index contributed by atoms with van der Waals surface area (Å²) >= 11 is 0. The molecule has 134 valence electrons. The number of nitrogens with one attached hydrogen (secondary N) is 1. The second-order valence-corrected chi connectivity index (χ2v) is 7.46. The lowest BCUT2D eigenvalue weighted by Gasteiger charge is -2.36.